The van der Waals surface area contributed by atoms with Gasteiger partial charge in [-0.05, 0) is 57.0 Å². The van der Waals surface area contributed by atoms with Gasteiger partial charge in [0.15, 0.2) is 0 Å². The highest BCUT2D eigenvalue weighted by Crippen LogP contribution is 2.25. The van der Waals surface area contributed by atoms with E-state index in [0.717, 1.165) is 31.2 Å². The van der Waals surface area contributed by atoms with Crippen molar-refractivity contribution in [2.24, 2.45) is 0 Å². The molecule has 2 aliphatic rings. The first-order valence-corrected chi connectivity index (χ1v) is 9.46. The summed E-state index contributed by atoms with van der Waals surface area (Å²) in [6.07, 6.45) is 3.37. The van der Waals surface area contributed by atoms with Crippen LogP contribution >= 0.6 is 0 Å². The largest absolute Gasteiger partial charge is 0.391 e. The zero-order chi connectivity index (χ0) is 18.7. The summed E-state index contributed by atoms with van der Waals surface area (Å²) in [5, 5.41) is 13.0. The minimum absolute atomic E-state index is 0.0188. The summed E-state index contributed by atoms with van der Waals surface area (Å²) in [5.74, 6) is -0.0765. The predicted octanol–water partition coefficient (Wildman–Crippen LogP) is 0.819. The van der Waals surface area contributed by atoms with Gasteiger partial charge in [-0.1, -0.05) is 12.1 Å². The number of carbonyl (C=O) groups is 2. The number of aryl methyl sites for hydroxylation is 1. The predicted molar refractivity (Wildman–Crippen MR) is 100 cm³/mol. The van der Waals surface area contributed by atoms with E-state index in [9.17, 15) is 14.7 Å². The van der Waals surface area contributed by atoms with Crippen molar-refractivity contribution >= 4 is 11.8 Å². The zero-order valence-corrected chi connectivity index (χ0v) is 15.7. The Morgan fingerprint density at radius 3 is 2.92 bits per heavy atom. The number of amides is 2. The lowest BCUT2D eigenvalue weighted by molar-refractivity contribution is -0.132. The van der Waals surface area contributed by atoms with Crippen LogP contribution in [0.15, 0.2) is 18.2 Å². The maximum atomic E-state index is 12.7. The summed E-state index contributed by atoms with van der Waals surface area (Å²) in [5.41, 5.74) is 3.25. The molecular formula is C20H29N3O3. The first-order valence-electron chi connectivity index (χ1n) is 9.46. The number of aliphatic hydroxyl groups is 1. The summed E-state index contributed by atoms with van der Waals surface area (Å²) < 4.78 is 0. The number of benzene rings is 1. The topological polar surface area (TPSA) is 72.9 Å². The molecule has 2 atom stereocenters. The number of aliphatic hydroxyl groups excluding tert-OH is 1. The van der Waals surface area contributed by atoms with Gasteiger partial charge >= 0.3 is 0 Å². The lowest BCUT2D eigenvalue weighted by atomic mass is 10.0. The van der Waals surface area contributed by atoms with Crippen LogP contribution in [0.2, 0.25) is 0 Å². The molecule has 1 unspecified atom stereocenters. The molecule has 142 valence electrons. The van der Waals surface area contributed by atoms with E-state index < -0.39 is 6.10 Å². The average molecular weight is 359 g/mol. The molecule has 2 amide bonds. The number of hydrogen-bond acceptors (Lipinski definition) is 4. The normalized spacial score (nSPS) is 20.3. The lowest BCUT2D eigenvalue weighted by Crippen LogP contribution is -2.40. The Balaban J connectivity index is 1.52. The standard InChI is InChI=1S/C20H29N3O3/c1-22(2)13-16(24)11-19(25)23-10-9-15(12-23)21-20(26)18-8-4-6-14-5-3-7-17(14)18/h4,6,8,15-16,24H,3,5,7,9-13H2,1-2H3,(H,21,26)/t15-,16?/m1/s1. The molecule has 1 aliphatic carbocycles. The van der Waals surface area contributed by atoms with E-state index in [1.807, 2.05) is 31.1 Å². The number of hydrogen-bond donors (Lipinski definition) is 2. The Kier molecular flexibility index (Phi) is 5.94. The summed E-state index contributed by atoms with van der Waals surface area (Å²) in [6, 6.07) is 5.94. The van der Waals surface area contributed by atoms with E-state index in [-0.39, 0.29) is 24.3 Å². The van der Waals surface area contributed by atoms with Crippen LogP contribution in [-0.4, -0.2) is 72.6 Å². The molecular weight excluding hydrogens is 330 g/mol. The highest BCUT2D eigenvalue weighted by molar-refractivity contribution is 5.96. The van der Waals surface area contributed by atoms with Crippen LogP contribution in [0.4, 0.5) is 0 Å². The van der Waals surface area contributed by atoms with Gasteiger partial charge in [0.1, 0.15) is 0 Å². The van der Waals surface area contributed by atoms with Gasteiger partial charge in [-0.15, -0.1) is 0 Å². The maximum Gasteiger partial charge on any atom is 0.251 e. The van der Waals surface area contributed by atoms with Gasteiger partial charge in [0.2, 0.25) is 5.91 Å². The fourth-order valence-corrected chi connectivity index (χ4v) is 4.02. The third-order valence-corrected chi connectivity index (χ3v) is 5.25. The molecule has 1 aromatic carbocycles. The van der Waals surface area contributed by atoms with Crippen molar-refractivity contribution in [1.29, 1.82) is 0 Å². The van der Waals surface area contributed by atoms with Crippen LogP contribution in [0.3, 0.4) is 0 Å². The smallest absolute Gasteiger partial charge is 0.251 e. The second kappa shape index (κ2) is 8.18. The van der Waals surface area contributed by atoms with Crippen molar-refractivity contribution in [2.45, 2.75) is 44.2 Å². The number of nitrogens with one attached hydrogen (secondary N) is 1. The van der Waals surface area contributed by atoms with E-state index >= 15 is 0 Å². The Hall–Kier alpha value is -1.92. The molecule has 0 spiro atoms. The van der Waals surface area contributed by atoms with Crippen LogP contribution in [-0.2, 0) is 17.6 Å². The molecule has 2 N–H and O–H groups in total. The van der Waals surface area contributed by atoms with E-state index in [1.165, 1.54) is 11.1 Å². The minimum Gasteiger partial charge on any atom is -0.391 e. The van der Waals surface area contributed by atoms with E-state index in [0.29, 0.717) is 19.6 Å². The third kappa shape index (κ3) is 4.43. The van der Waals surface area contributed by atoms with Crippen LogP contribution < -0.4 is 5.32 Å². The van der Waals surface area contributed by atoms with Crippen LogP contribution in [0.1, 0.15) is 40.7 Å². The number of fused-ring (bicyclic) bond motifs is 1. The number of carbonyl (C=O) groups excluding carboxylic acids is 2. The fourth-order valence-electron chi connectivity index (χ4n) is 4.02. The molecule has 1 heterocycles. The third-order valence-electron chi connectivity index (χ3n) is 5.25. The number of rotatable bonds is 6. The van der Waals surface area contributed by atoms with Crippen LogP contribution in [0.5, 0.6) is 0 Å². The molecule has 3 rings (SSSR count). The van der Waals surface area contributed by atoms with Crippen molar-refractivity contribution < 1.29 is 14.7 Å². The van der Waals surface area contributed by atoms with Crippen molar-refractivity contribution in [3.05, 3.63) is 34.9 Å². The Morgan fingerprint density at radius 2 is 2.15 bits per heavy atom. The van der Waals surface area contributed by atoms with E-state index in [2.05, 4.69) is 11.4 Å². The Morgan fingerprint density at radius 1 is 1.35 bits per heavy atom. The second-order valence-electron chi connectivity index (χ2n) is 7.72. The molecule has 0 aromatic heterocycles. The molecule has 6 heteroatoms. The molecule has 1 fully saturated rings. The SMILES string of the molecule is CN(C)CC(O)CC(=O)N1CC[C@@H](NC(=O)c2cccc3c2CCC3)C1. The Labute approximate surface area is 155 Å². The monoisotopic (exact) mass is 359 g/mol. The number of likely N-dealkylation sites (N-methyl/N-ethyl adjacent to an activating group) is 1. The summed E-state index contributed by atoms with van der Waals surface area (Å²) in [7, 11) is 3.74. The van der Waals surface area contributed by atoms with Gasteiger partial charge in [0.25, 0.3) is 5.91 Å². The van der Waals surface area contributed by atoms with Crippen molar-refractivity contribution in [1.82, 2.24) is 15.1 Å². The van der Waals surface area contributed by atoms with Crippen LogP contribution in [0, 0.1) is 0 Å². The first-order chi connectivity index (χ1) is 12.4. The molecule has 6 nitrogen and oxygen atoms in total. The molecule has 1 aromatic rings. The second-order valence-corrected chi connectivity index (χ2v) is 7.72. The zero-order valence-electron chi connectivity index (χ0n) is 15.7. The van der Waals surface area contributed by atoms with Crippen LogP contribution in [0.25, 0.3) is 0 Å². The summed E-state index contributed by atoms with van der Waals surface area (Å²) >= 11 is 0. The van der Waals surface area contributed by atoms with Gasteiger partial charge < -0.3 is 20.2 Å². The van der Waals surface area contributed by atoms with Gasteiger partial charge in [0, 0.05) is 31.2 Å². The highest BCUT2D eigenvalue weighted by Gasteiger charge is 2.29. The molecule has 0 radical (unpaired) electrons. The maximum absolute atomic E-state index is 12.7. The lowest BCUT2D eigenvalue weighted by Gasteiger charge is -2.21. The van der Waals surface area contributed by atoms with Gasteiger partial charge in [-0.2, -0.15) is 0 Å². The molecule has 26 heavy (non-hydrogen) atoms. The quantitative estimate of drug-likeness (QED) is 0.789. The van der Waals surface area contributed by atoms with Gasteiger partial charge in [0.05, 0.1) is 12.5 Å². The molecule has 0 saturated carbocycles. The van der Waals surface area contributed by atoms with Crippen molar-refractivity contribution in [3.8, 4) is 0 Å². The fraction of sp³-hybridized carbons (Fsp3) is 0.600. The molecule has 1 saturated heterocycles. The number of nitrogens with zero attached hydrogens (tertiary/aromatic N) is 2. The Bertz CT molecular complexity index is 674. The van der Waals surface area contributed by atoms with Crippen molar-refractivity contribution in [3.63, 3.8) is 0 Å². The first kappa shape index (κ1) is 18.9. The van der Waals surface area contributed by atoms with E-state index in [4.69, 9.17) is 0 Å². The molecule has 1 aliphatic heterocycles. The summed E-state index contributed by atoms with van der Waals surface area (Å²) in [4.78, 5) is 28.6. The van der Waals surface area contributed by atoms with Gasteiger partial charge in [-0.25, -0.2) is 0 Å². The summed E-state index contributed by atoms with van der Waals surface area (Å²) in [6.45, 7) is 1.62. The highest BCUT2D eigenvalue weighted by atomic mass is 16.3. The van der Waals surface area contributed by atoms with Crippen molar-refractivity contribution in [2.75, 3.05) is 33.7 Å². The molecule has 0 bridgehead atoms. The average Bonchev–Trinajstić information content (AvgIpc) is 3.22. The van der Waals surface area contributed by atoms with Gasteiger partial charge in [-0.3, -0.25) is 9.59 Å². The number of likely N-dealkylation sites (tertiary alicyclic amines) is 1. The minimum atomic E-state index is -0.655. The van der Waals surface area contributed by atoms with E-state index in [1.54, 1.807) is 4.90 Å².